The molecule has 11 heteroatoms. The highest BCUT2D eigenvalue weighted by Gasteiger charge is 2.55. The predicted octanol–water partition coefficient (Wildman–Crippen LogP) is 5.36. The standard InChI is InChI=1S/C30H37F3N6O2/c31-30(32,33)41-25-4-2-1-3-19(25)15-35-28-36-16-22(14-34)27(39-28)37-17-29-11-18-9-20(12-29)26(21(10-18)13-29)38-23-5-7-24(40)8-6-23/h1-4,16,18,20-21,23-24,26,38,40H,5-13,15,17H2,(H2,35,36,37,39)/t18?,20-,21+,23-,24-,26?,29+. The number of aliphatic hydroxyl groups is 1. The number of halogens is 3. The normalized spacial score (nSPS) is 32.4. The number of aliphatic hydroxyl groups excluding tert-OH is 1. The fourth-order valence-electron chi connectivity index (χ4n) is 8.20. The first-order chi connectivity index (χ1) is 19.7. The molecule has 5 aliphatic carbocycles. The lowest BCUT2D eigenvalue weighted by Gasteiger charge is -2.61. The van der Waals surface area contributed by atoms with Crippen LogP contribution >= 0.6 is 0 Å². The highest BCUT2D eigenvalue weighted by molar-refractivity contribution is 5.53. The molecular weight excluding hydrogens is 533 g/mol. The summed E-state index contributed by atoms with van der Waals surface area (Å²) in [6.07, 6.45) is 6.42. The zero-order chi connectivity index (χ0) is 28.6. The Hall–Kier alpha value is -3.10. The molecule has 2 aromatic rings. The van der Waals surface area contributed by atoms with Crippen LogP contribution in [0.15, 0.2) is 30.5 Å². The molecule has 0 amide bonds. The Morgan fingerprint density at radius 1 is 1.05 bits per heavy atom. The van der Waals surface area contributed by atoms with E-state index in [-0.39, 0.29) is 29.8 Å². The van der Waals surface area contributed by atoms with Gasteiger partial charge in [-0.3, -0.25) is 0 Å². The average Bonchev–Trinajstić information content (AvgIpc) is 2.93. The van der Waals surface area contributed by atoms with Crippen molar-refractivity contribution in [2.24, 2.45) is 23.2 Å². The van der Waals surface area contributed by atoms with Crippen molar-refractivity contribution in [3.8, 4) is 11.8 Å². The minimum Gasteiger partial charge on any atom is -0.405 e. The molecule has 5 atom stereocenters. The number of alkyl halides is 3. The Balaban J connectivity index is 1.10. The summed E-state index contributed by atoms with van der Waals surface area (Å²) < 4.78 is 42.5. The highest BCUT2D eigenvalue weighted by atomic mass is 19.4. The zero-order valence-electron chi connectivity index (χ0n) is 23.0. The minimum absolute atomic E-state index is 0.0287. The third kappa shape index (κ3) is 6.38. The van der Waals surface area contributed by atoms with Crippen molar-refractivity contribution in [3.05, 3.63) is 41.6 Å². The molecule has 5 aliphatic rings. The van der Waals surface area contributed by atoms with E-state index in [0.29, 0.717) is 40.9 Å². The Kier molecular flexibility index (Phi) is 7.72. The van der Waals surface area contributed by atoms with Gasteiger partial charge in [0, 0.05) is 30.7 Å². The summed E-state index contributed by atoms with van der Waals surface area (Å²) in [6, 6.07) is 9.14. The van der Waals surface area contributed by atoms with Crippen LogP contribution in [-0.4, -0.2) is 46.2 Å². The molecule has 7 rings (SSSR count). The molecule has 0 aliphatic heterocycles. The van der Waals surface area contributed by atoms with Crippen molar-refractivity contribution in [1.29, 1.82) is 5.26 Å². The van der Waals surface area contributed by atoms with E-state index in [9.17, 15) is 23.5 Å². The van der Waals surface area contributed by atoms with Crippen molar-refractivity contribution in [2.75, 3.05) is 17.2 Å². The van der Waals surface area contributed by atoms with Crippen molar-refractivity contribution in [2.45, 2.75) is 88.9 Å². The summed E-state index contributed by atoms with van der Waals surface area (Å²) in [5.74, 6) is 2.41. The van der Waals surface area contributed by atoms with E-state index < -0.39 is 6.36 Å². The van der Waals surface area contributed by atoms with E-state index in [1.807, 2.05) is 0 Å². The second kappa shape index (κ2) is 11.3. The van der Waals surface area contributed by atoms with Crippen LogP contribution in [0.2, 0.25) is 0 Å². The highest BCUT2D eigenvalue weighted by Crippen LogP contribution is 2.60. The number of ether oxygens (including phenoxy) is 1. The predicted molar refractivity (Wildman–Crippen MR) is 147 cm³/mol. The molecule has 0 spiro atoms. The van der Waals surface area contributed by atoms with Crippen LogP contribution in [0.1, 0.15) is 68.9 Å². The number of nitriles is 1. The summed E-state index contributed by atoms with van der Waals surface area (Å²) in [6.45, 7) is 0.757. The SMILES string of the molecule is N#Cc1cnc(NCc2ccccc2OC(F)(F)F)nc1NC[C@@]12CC3C[C@H](C1)C(N[C@H]1CC[C@H](O)CC1)[C@@H](C3)C2. The van der Waals surface area contributed by atoms with E-state index in [1.54, 1.807) is 12.1 Å². The van der Waals surface area contributed by atoms with Crippen molar-refractivity contribution in [3.63, 3.8) is 0 Å². The number of hydrogen-bond donors (Lipinski definition) is 4. The van der Waals surface area contributed by atoms with Crippen LogP contribution in [0.5, 0.6) is 5.75 Å². The van der Waals surface area contributed by atoms with Crippen LogP contribution < -0.4 is 20.7 Å². The molecule has 4 N–H and O–H groups in total. The molecule has 1 heterocycles. The molecule has 220 valence electrons. The monoisotopic (exact) mass is 570 g/mol. The maximum Gasteiger partial charge on any atom is 0.573 e. The van der Waals surface area contributed by atoms with Gasteiger partial charge >= 0.3 is 6.36 Å². The molecule has 8 nitrogen and oxygen atoms in total. The molecule has 41 heavy (non-hydrogen) atoms. The van der Waals surface area contributed by atoms with Crippen molar-refractivity contribution in [1.82, 2.24) is 15.3 Å². The number of aromatic nitrogens is 2. The Labute approximate surface area is 238 Å². The summed E-state index contributed by atoms with van der Waals surface area (Å²) in [5.41, 5.74) is 0.810. The number of anilines is 2. The fourth-order valence-corrected chi connectivity index (χ4v) is 8.20. The molecule has 5 saturated carbocycles. The summed E-state index contributed by atoms with van der Waals surface area (Å²) in [7, 11) is 0. The van der Waals surface area contributed by atoms with Gasteiger partial charge in [0.2, 0.25) is 5.95 Å². The van der Waals surface area contributed by atoms with E-state index in [1.165, 1.54) is 37.6 Å². The lowest BCUT2D eigenvalue weighted by Crippen LogP contribution is -2.61. The average molecular weight is 571 g/mol. The Bertz CT molecular complexity index is 1260. The number of nitrogens with zero attached hydrogens (tertiary/aromatic N) is 3. The maximum absolute atomic E-state index is 12.8. The van der Waals surface area contributed by atoms with Gasteiger partial charge in [-0.1, -0.05) is 18.2 Å². The van der Waals surface area contributed by atoms with Gasteiger partial charge in [0.05, 0.1) is 12.3 Å². The number of benzene rings is 1. The topological polar surface area (TPSA) is 115 Å². The van der Waals surface area contributed by atoms with E-state index in [4.69, 9.17) is 0 Å². The number of para-hydroxylation sites is 1. The van der Waals surface area contributed by atoms with Gasteiger partial charge in [-0.2, -0.15) is 10.2 Å². The molecular formula is C30H37F3N6O2. The Morgan fingerprint density at radius 2 is 1.78 bits per heavy atom. The second-order valence-corrected chi connectivity index (χ2v) is 12.6. The summed E-state index contributed by atoms with van der Waals surface area (Å²) in [5, 5.41) is 30.0. The fraction of sp³-hybridized carbons (Fsp3) is 0.633. The molecule has 1 aromatic heterocycles. The number of nitrogens with one attached hydrogen (secondary N) is 3. The van der Waals surface area contributed by atoms with Gasteiger partial charge in [0.15, 0.2) is 0 Å². The molecule has 5 fully saturated rings. The molecule has 1 aromatic carbocycles. The first-order valence-corrected chi connectivity index (χ1v) is 14.7. The lowest BCUT2D eigenvalue weighted by atomic mass is 9.47. The molecule has 2 unspecified atom stereocenters. The van der Waals surface area contributed by atoms with E-state index >= 15 is 0 Å². The van der Waals surface area contributed by atoms with E-state index in [2.05, 4.69) is 36.7 Å². The first kappa shape index (κ1) is 28.0. The van der Waals surface area contributed by atoms with Crippen LogP contribution in [0.25, 0.3) is 0 Å². The van der Waals surface area contributed by atoms with Gasteiger partial charge in [-0.15, -0.1) is 13.2 Å². The van der Waals surface area contributed by atoms with Crippen LogP contribution in [0, 0.1) is 34.5 Å². The number of hydrogen-bond acceptors (Lipinski definition) is 8. The van der Waals surface area contributed by atoms with Gasteiger partial charge in [0.25, 0.3) is 0 Å². The van der Waals surface area contributed by atoms with Crippen LogP contribution in [0.3, 0.4) is 0 Å². The first-order valence-electron chi connectivity index (χ1n) is 14.7. The van der Waals surface area contributed by atoms with Crippen LogP contribution in [-0.2, 0) is 6.54 Å². The molecule has 4 bridgehead atoms. The van der Waals surface area contributed by atoms with Gasteiger partial charge in [0.1, 0.15) is 23.2 Å². The summed E-state index contributed by atoms with van der Waals surface area (Å²) in [4.78, 5) is 8.73. The molecule has 0 radical (unpaired) electrons. The maximum atomic E-state index is 12.8. The van der Waals surface area contributed by atoms with Gasteiger partial charge < -0.3 is 25.8 Å². The third-order valence-corrected chi connectivity index (χ3v) is 9.70. The van der Waals surface area contributed by atoms with E-state index in [0.717, 1.165) is 51.0 Å². The second-order valence-electron chi connectivity index (χ2n) is 12.6. The summed E-state index contributed by atoms with van der Waals surface area (Å²) >= 11 is 0. The van der Waals surface area contributed by atoms with Crippen molar-refractivity contribution >= 4 is 11.8 Å². The third-order valence-electron chi connectivity index (χ3n) is 9.70. The smallest absolute Gasteiger partial charge is 0.405 e. The quantitative estimate of drug-likeness (QED) is 0.319. The minimum atomic E-state index is -4.79. The van der Waals surface area contributed by atoms with Crippen molar-refractivity contribution < 1.29 is 23.0 Å². The molecule has 0 saturated heterocycles. The number of rotatable bonds is 9. The van der Waals surface area contributed by atoms with Gasteiger partial charge in [-0.05, 0) is 87.0 Å². The van der Waals surface area contributed by atoms with Gasteiger partial charge in [-0.25, -0.2) is 4.98 Å². The zero-order valence-corrected chi connectivity index (χ0v) is 23.0. The lowest BCUT2D eigenvalue weighted by molar-refractivity contribution is -0.274. The Morgan fingerprint density at radius 3 is 2.49 bits per heavy atom. The largest absolute Gasteiger partial charge is 0.573 e. The van der Waals surface area contributed by atoms with Crippen LogP contribution in [0.4, 0.5) is 24.9 Å².